The number of amides is 3. The summed E-state index contributed by atoms with van der Waals surface area (Å²) in [6, 6.07) is 14.6. The minimum Gasteiger partial charge on any atom is -0.457 e. The van der Waals surface area contributed by atoms with Gasteiger partial charge in [-0.2, -0.15) is 0 Å². The molecule has 0 unspecified atom stereocenters. The fraction of sp³-hybridized carbons (Fsp3) is 0.318. The van der Waals surface area contributed by atoms with E-state index in [0.29, 0.717) is 17.1 Å². The van der Waals surface area contributed by atoms with Crippen LogP contribution in [0.1, 0.15) is 38.8 Å². The third-order valence-corrected chi connectivity index (χ3v) is 3.81. The highest BCUT2D eigenvalue weighted by Crippen LogP contribution is 2.26. The van der Waals surface area contributed by atoms with E-state index in [4.69, 9.17) is 15.2 Å². The second-order valence-electron chi connectivity index (χ2n) is 7.71. The monoisotopic (exact) mass is 413 g/mol. The normalized spacial score (nSPS) is 11.8. The molecule has 0 heterocycles. The summed E-state index contributed by atoms with van der Waals surface area (Å²) < 4.78 is 10.8. The first-order valence-electron chi connectivity index (χ1n) is 9.48. The van der Waals surface area contributed by atoms with Gasteiger partial charge in [0.05, 0.1) is 12.5 Å². The smallest absolute Gasteiger partial charge is 0.312 e. The highest BCUT2D eigenvalue weighted by atomic mass is 16.5. The van der Waals surface area contributed by atoms with Crippen molar-refractivity contribution in [1.82, 2.24) is 10.6 Å². The zero-order valence-corrected chi connectivity index (χ0v) is 17.3. The van der Waals surface area contributed by atoms with Gasteiger partial charge in [0.1, 0.15) is 11.5 Å². The molecule has 1 atom stereocenters. The van der Waals surface area contributed by atoms with Gasteiger partial charge in [-0.3, -0.25) is 9.59 Å². The lowest BCUT2D eigenvalue weighted by Gasteiger charge is -2.21. The average Bonchev–Trinajstić information content (AvgIpc) is 2.65. The Morgan fingerprint density at radius 3 is 2.30 bits per heavy atom. The van der Waals surface area contributed by atoms with Crippen LogP contribution in [0.2, 0.25) is 0 Å². The van der Waals surface area contributed by atoms with Gasteiger partial charge in [-0.1, -0.05) is 30.3 Å². The molecular formula is C22H27N3O5. The standard InChI is InChI=1S/C22H27N3O5/c1-22(2,3)25-19(26)14-29-20(27)13-18(24-21(23)28)15-8-7-11-17(12-15)30-16-9-5-4-6-10-16/h4-12,18H,13-14H2,1-3H3,(H,25,26)(H3,23,24,28)/t18-/m0/s1. The lowest BCUT2D eigenvalue weighted by atomic mass is 10.0. The molecule has 8 heteroatoms. The van der Waals surface area contributed by atoms with E-state index in [1.807, 2.05) is 51.1 Å². The topological polar surface area (TPSA) is 120 Å². The van der Waals surface area contributed by atoms with Crippen LogP contribution in [0.15, 0.2) is 54.6 Å². The molecule has 0 aromatic heterocycles. The summed E-state index contributed by atoms with van der Waals surface area (Å²) in [5.74, 6) is 0.131. The second kappa shape index (κ2) is 10.3. The summed E-state index contributed by atoms with van der Waals surface area (Å²) in [6.45, 7) is 5.06. The van der Waals surface area contributed by atoms with Gasteiger partial charge >= 0.3 is 12.0 Å². The SMILES string of the molecule is CC(C)(C)NC(=O)COC(=O)C[C@H](NC(N)=O)c1cccc(Oc2ccccc2)c1. The minimum absolute atomic E-state index is 0.194. The van der Waals surface area contributed by atoms with Crippen LogP contribution in [-0.4, -0.2) is 30.1 Å². The molecule has 0 aliphatic rings. The largest absolute Gasteiger partial charge is 0.457 e. The van der Waals surface area contributed by atoms with Crippen molar-refractivity contribution in [2.75, 3.05) is 6.61 Å². The average molecular weight is 413 g/mol. The van der Waals surface area contributed by atoms with Crippen LogP contribution >= 0.6 is 0 Å². The van der Waals surface area contributed by atoms with Gasteiger partial charge in [0.2, 0.25) is 0 Å². The van der Waals surface area contributed by atoms with Crippen molar-refractivity contribution in [2.24, 2.45) is 5.73 Å². The van der Waals surface area contributed by atoms with E-state index in [9.17, 15) is 14.4 Å². The van der Waals surface area contributed by atoms with Crippen molar-refractivity contribution in [3.8, 4) is 11.5 Å². The highest BCUT2D eigenvalue weighted by molar-refractivity contribution is 5.81. The second-order valence-corrected chi connectivity index (χ2v) is 7.71. The van der Waals surface area contributed by atoms with Crippen LogP contribution in [0.4, 0.5) is 4.79 Å². The number of nitrogens with two attached hydrogens (primary N) is 1. The van der Waals surface area contributed by atoms with Crippen molar-refractivity contribution >= 4 is 17.9 Å². The molecule has 2 aromatic rings. The van der Waals surface area contributed by atoms with E-state index in [1.165, 1.54) is 0 Å². The number of benzene rings is 2. The number of carbonyl (C=O) groups excluding carboxylic acids is 3. The first-order valence-corrected chi connectivity index (χ1v) is 9.48. The van der Waals surface area contributed by atoms with E-state index in [2.05, 4.69) is 10.6 Å². The van der Waals surface area contributed by atoms with Crippen LogP contribution in [0.25, 0.3) is 0 Å². The number of rotatable bonds is 8. The third kappa shape index (κ3) is 8.22. The molecular weight excluding hydrogens is 386 g/mol. The van der Waals surface area contributed by atoms with E-state index in [1.54, 1.807) is 24.3 Å². The van der Waals surface area contributed by atoms with Crippen LogP contribution < -0.4 is 21.1 Å². The number of hydrogen-bond acceptors (Lipinski definition) is 5. The Balaban J connectivity index is 2.04. The fourth-order valence-corrected chi connectivity index (χ4v) is 2.67. The Labute approximate surface area is 175 Å². The van der Waals surface area contributed by atoms with Gasteiger partial charge in [-0.25, -0.2) is 4.79 Å². The molecule has 2 aromatic carbocycles. The lowest BCUT2D eigenvalue weighted by Crippen LogP contribution is -2.43. The molecule has 0 saturated carbocycles. The maximum Gasteiger partial charge on any atom is 0.312 e. The molecule has 0 bridgehead atoms. The predicted molar refractivity (Wildman–Crippen MR) is 112 cm³/mol. The summed E-state index contributed by atoms with van der Waals surface area (Å²) >= 11 is 0. The van der Waals surface area contributed by atoms with Crippen molar-refractivity contribution < 1.29 is 23.9 Å². The Hall–Kier alpha value is -3.55. The van der Waals surface area contributed by atoms with Gasteiger partial charge in [0.25, 0.3) is 5.91 Å². The van der Waals surface area contributed by atoms with Gasteiger partial charge in [0, 0.05) is 5.54 Å². The Morgan fingerprint density at radius 2 is 1.67 bits per heavy atom. The molecule has 0 fully saturated rings. The molecule has 0 radical (unpaired) electrons. The molecule has 3 amide bonds. The Morgan fingerprint density at radius 1 is 1.00 bits per heavy atom. The summed E-state index contributed by atoms with van der Waals surface area (Å²) in [7, 11) is 0. The first-order chi connectivity index (χ1) is 14.1. The fourth-order valence-electron chi connectivity index (χ4n) is 2.67. The quantitative estimate of drug-likeness (QED) is 0.575. The molecule has 0 aliphatic heterocycles. The number of primary amides is 1. The number of para-hydroxylation sites is 1. The molecule has 0 spiro atoms. The number of hydrogen-bond donors (Lipinski definition) is 3. The van der Waals surface area contributed by atoms with E-state index < -0.39 is 36.1 Å². The van der Waals surface area contributed by atoms with Crippen molar-refractivity contribution in [3.63, 3.8) is 0 Å². The van der Waals surface area contributed by atoms with Gasteiger partial charge in [-0.15, -0.1) is 0 Å². The zero-order valence-electron chi connectivity index (χ0n) is 17.3. The summed E-state index contributed by atoms with van der Waals surface area (Å²) in [6.07, 6.45) is -0.194. The van der Waals surface area contributed by atoms with Gasteiger partial charge < -0.3 is 25.8 Å². The summed E-state index contributed by atoms with van der Waals surface area (Å²) in [5, 5.41) is 5.23. The predicted octanol–water partition coefficient (Wildman–Crippen LogP) is 3.04. The van der Waals surface area contributed by atoms with Gasteiger partial charge in [-0.05, 0) is 50.6 Å². The van der Waals surface area contributed by atoms with Gasteiger partial charge in [0.15, 0.2) is 6.61 Å². The van der Waals surface area contributed by atoms with Crippen LogP contribution in [0.3, 0.4) is 0 Å². The van der Waals surface area contributed by atoms with E-state index >= 15 is 0 Å². The molecule has 30 heavy (non-hydrogen) atoms. The van der Waals surface area contributed by atoms with Crippen molar-refractivity contribution in [1.29, 1.82) is 0 Å². The third-order valence-electron chi connectivity index (χ3n) is 3.81. The summed E-state index contributed by atoms with van der Waals surface area (Å²) in [4.78, 5) is 35.5. The molecule has 0 aliphatic carbocycles. The van der Waals surface area contributed by atoms with E-state index in [0.717, 1.165) is 0 Å². The molecule has 8 nitrogen and oxygen atoms in total. The van der Waals surface area contributed by atoms with Crippen molar-refractivity contribution in [2.45, 2.75) is 38.8 Å². The first kappa shape index (κ1) is 22.7. The highest BCUT2D eigenvalue weighted by Gasteiger charge is 2.21. The molecule has 2 rings (SSSR count). The molecule has 160 valence electrons. The number of esters is 1. The summed E-state index contributed by atoms with van der Waals surface area (Å²) in [5.41, 5.74) is 5.44. The van der Waals surface area contributed by atoms with Crippen LogP contribution in [0, 0.1) is 0 Å². The zero-order chi connectivity index (χ0) is 22.1. The Bertz CT molecular complexity index is 878. The van der Waals surface area contributed by atoms with Crippen LogP contribution in [0.5, 0.6) is 11.5 Å². The maximum absolute atomic E-state index is 12.2. The number of carbonyl (C=O) groups is 3. The minimum atomic E-state index is -0.785. The number of urea groups is 1. The number of ether oxygens (including phenoxy) is 2. The van der Waals surface area contributed by atoms with Crippen LogP contribution in [-0.2, 0) is 14.3 Å². The molecule has 0 saturated heterocycles. The maximum atomic E-state index is 12.2. The van der Waals surface area contributed by atoms with E-state index in [-0.39, 0.29) is 6.42 Å². The lowest BCUT2D eigenvalue weighted by molar-refractivity contribution is -0.149. The molecule has 4 N–H and O–H groups in total. The van der Waals surface area contributed by atoms with Crippen molar-refractivity contribution in [3.05, 3.63) is 60.2 Å². The Kier molecular flexibility index (Phi) is 7.80. The number of nitrogens with one attached hydrogen (secondary N) is 2.